The number of carbonyl (C=O) groups excluding carboxylic acids is 1. The van der Waals surface area contributed by atoms with Gasteiger partial charge in [-0.3, -0.25) is 0 Å². The van der Waals surface area contributed by atoms with Crippen molar-refractivity contribution < 1.29 is 9.53 Å². The Balaban J connectivity index is 2.30. The van der Waals surface area contributed by atoms with E-state index < -0.39 is 18.4 Å². The Bertz CT molecular complexity index is 583. The summed E-state index contributed by atoms with van der Waals surface area (Å²) in [5, 5.41) is 0. The van der Waals surface area contributed by atoms with Crippen LogP contribution in [0.5, 0.6) is 0 Å². The van der Waals surface area contributed by atoms with E-state index in [1.54, 1.807) is 12.5 Å². The molecule has 1 aliphatic rings. The van der Waals surface area contributed by atoms with E-state index in [1.807, 2.05) is 3.58 Å². The van der Waals surface area contributed by atoms with Crippen molar-refractivity contribution in [2.45, 2.75) is 117 Å². The first-order valence-corrected chi connectivity index (χ1v) is 19.8. The summed E-state index contributed by atoms with van der Waals surface area (Å²) in [5.74, 6) is 0.543. The zero-order valence-corrected chi connectivity index (χ0v) is 22.3. The monoisotopic (exact) mass is 508 g/mol. The van der Waals surface area contributed by atoms with Crippen LogP contribution in [0.1, 0.15) is 103 Å². The van der Waals surface area contributed by atoms with Crippen LogP contribution in [0, 0.1) is 0 Å². The molecule has 0 radical (unpaired) electrons. The molecule has 0 saturated heterocycles. The van der Waals surface area contributed by atoms with Crippen LogP contribution in [0.4, 0.5) is 0 Å². The van der Waals surface area contributed by atoms with Crippen LogP contribution in [-0.2, 0) is 9.53 Å². The number of hydrogen-bond acceptors (Lipinski definition) is 2. The molecular formula is C26H44O2Sn. The molecule has 0 N–H and O–H groups in total. The van der Waals surface area contributed by atoms with Crippen LogP contribution in [-0.4, -0.2) is 30.5 Å². The van der Waals surface area contributed by atoms with E-state index in [0.29, 0.717) is 5.92 Å². The number of benzene rings is 1. The SMILES string of the molecule is CCC[CH2][Sn]([CH2]CCC)([CH2]CCC)[c]1ccccc1[C@H]1CC[C@@H](OC(C)=O)CC1. The molecule has 0 amide bonds. The molecule has 3 heteroatoms. The Labute approximate surface area is 184 Å². The first-order valence-electron chi connectivity index (χ1n) is 12.3. The molecule has 164 valence electrons. The molecule has 1 aromatic rings. The van der Waals surface area contributed by atoms with Gasteiger partial charge in [0.1, 0.15) is 0 Å². The van der Waals surface area contributed by atoms with Crippen LogP contribution >= 0.6 is 0 Å². The second kappa shape index (κ2) is 13.0. The molecule has 0 aromatic heterocycles. The second-order valence-electron chi connectivity index (χ2n) is 9.26. The minimum absolute atomic E-state index is 0.122. The summed E-state index contributed by atoms with van der Waals surface area (Å²) in [6.45, 7) is 8.62. The molecule has 0 atom stereocenters. The molecule has 1 aromatic carbocycles. The molecule has 0 aliphatic heterocycles. The normalized spacial score (nSPS) is 19.9. The van der Waals surface area contributed by atoms with Crippen LogP contribution in [0.2, 0.25) is 13.3 Å². The number of ether oxygens (including phenoxy) is 1. The summed E-state index contributed by atoms with van der Waals surface area (Å²) < 4.78 is 12.0. The Morgan fingerprint density at radius 3 is 1.90 bits per heavy atom. The molecular weight excluding hydrogens is 463 g/mol. The van der Waals surface area contributed by atoms with Crippen molar-refractivity contribution in [2.75, 3.05) is 0 Å². The maximum absolute atomic E-state index is 11.3. The number of carbonyl (C=O) groups is 1. The van der Waals surface area contributed by atoms with Gasteiger partial charge in [0.2, 0.25) is 0 Å². The van der Waals surface area contributed by atoms with Gasteiger partial charge in [0.25, 0.3) is 0 Å². The van der Waals surface area contributed by atoms with Crippen molar-refractivity contribution in [3.8, 4) is 0 Å². The van der Waals surface area contributed by atoms with Crippen molar-refractivity contribution in [3.63, 3.8) is 0 Å². The topological polar surface area (TPSA) is 26.3 Å². The molecule has 0 bridgehead atoms. The van der Waals surface area contributed by atoms with Crippen molar-refractivity contribution >= 4 is 27.9 Å². The number of unbranched alkanes of at least 4 members (excludes halogenated alkanes) is 3. The van der Waals surface area contributed by atoms with Gasteiger partial charge in [-0.2, -0.15) is 0 Å². The average Bonchev–Trinajstić information content (AvgIpc) is 2.74. The van der Waals surface area contributed by atoms with Gasteiger partial charge in [0.15, 0.2) is 0 Å². The van der Waals surface area contributed by atoms with Gasteiger partial charge in [-0.15, -0.1) is 0 Å². The fourth-order valence-corrected chi connectivity index (χ4v) is 22.5. The van der Waals surface area contributed by atoms with Gasteiger partial charge in [-0.05, 0) is 0 Å². The first kappa shape index (κ1) is 24.8. The maximum atomic E-state index is 11.3. The van der Waals surface area contributed by atoms with Crippen molar-refractivity contribution in [2.24, 2.45) is 0 Å². The third kappa shape index (κ3) is 7.29. The van der Waals surface area contributed by atoms with E-state index in [-0.39, 0.29) is 12.1 Å². The Kier molecular flexibility index (Phi) is 11.1. The third-order valence-corrected chi connectivity index (χ3v) is 22.8. The molecule has 29 heavy (non-hydrogen) atoms. The number of esters is 1. The predicted octanol–water partition coefficient (Wildman–Crippen LogP) is 7.33. The molecule has 0 heterocycles. The van der Waals surface area contributed by atoms with E-state index in [4.69, 9.17) is 4.74 Å². The number of rotatable bonds is 12. The quantitative estimate of drug-likeness (QED) is 0.219. The molecule has 0 spiro atoms. The van der Waals surface area contributed by atoms with Gasteiger partial charge >= 0.3 is 185 Å². The van der Waals surface area contributed by atoms with Gasteiger partial charge in [-0.1, -0.05) is 0 Å². The van der Waals surface area contributed by atoms with Crippen molar-refractivity contribution in [1.82, 2.24) is 0 Å². The Hall–Kier alpha value is -0.511. The molecule has 1 aliphatic carbocycles. The molecule has 1 fully saturated rings. The molecule has 2 nitrogen and oxygen atoms in total. The molecule has 0 unspecified atom stereocenters. The number of hydrogen-bond donors (Lipinski definition) is 0. The summed E-state index contributed by atoms with van der Waals surface area (Å²) >= 11 is -2.43. The van der Waals surface area contributed by atoms with Crippen LogP contribution in [0.15, 0.2) is 24.3 Å². The summed E-state index contributed by atoms with van der Waals surface area (Å²) in [5.41, 5.74) is 1.69. The Morgan fingerprint density at radius 1 is 0.897 bits per heavy atom. The summed E-state index contributed by atoms with van der Waals surface area (Å²) in [4.78, 5) is 11.3. The second-order valence-corrected chi connectivity index (χ2v) is 22.4. The van der Waals surface area contributed by atoms with E-state index in [0.717, 1.165) is 12.8 Å². The van der Waals surface area contributed by atoms with Gasteiger partial charge in [0.05, 0.1) is 0 Å². The minimum atomic E-state index is -2.43. The summed E-state index contributed by atoms with van der Waals surface area (Å²) in [6.07, 6.45) is 12.8. The fraction of sp³-hybridized carbons (Fsp3) is 0.731. The first-order chi connectivity index (χ1) is 14.1. The zero-order valence-electron chi connectivity index (χ0n) is 19.5. The van der Waals surface area contributed by atoms with E-state index in [2.05, 4.69) is 45.0 Å². The van der Waals surface area contributed by atoms with Crippen LogP contribution < -0.4 is 3.58 Å². The van der Waals surface area contributed by atoms with Crippen LogP contribution in [0.3, 0.4) is 0 Å². The summed E-state index contributed by atoms with van der Waals surface area (Å²) in [7, 11) is 0. The summed E-state index contributed by atoms with van der Waals surface area (Å²) in [6, 6.07) is 9.60. The van der Waals surface area contributed by atoms with E-state index in [9.17, 15) is 4.79 Å². The predicted molar refractivity (Wildman–Crippen MR) is 128 cm³/mol. The molecule has 1 saturated carbocycles. The standard InChI is InChI=1S/C14H17O2.3C4H9.Sn/c1-11(15)16-14-9-7-13(8-10-14)12-5-3-2-4-6-12;3*1-3-4-2;/h2-5,13-14H,7-10H2,1H3;3*1,3-4H2,2H3;/t13-,14+;;;;. The van der Waals surface area contributed by atoms with Gasteiger partial charge in [-0.25, -0.2) is 0 Å². The van der Waals surface area contributed by atoms with Crippen molar-refractivity contribution in [3.05, 3.63) is 29.8 Å². The Morgan fingerprint density at radius 2 is 1.41 bits per heavy atom. The molecule has 2 rings (SSSR count). The van der Waals surface area contributed by atoms with E-state index >= 15 is 0 Å². The van der Waals surface area contributed by atoms with Gasteiger partial charge < -0.3 is 0 Å². The van der Waals surface area contributed by atoms with Gasteiger partial charge in [0, 0.05) is 0 Å². The van der Waals surface area contributed by atoms with Crippen molar-refractivity contribution in [1.29, 1.82) is 0 Å². The third-order valence-electron chi connectivity index (χ3n) is 7.01. The van der Waals surface area contributed by atoms with Crippen LogP contribution in [0.25, 0.3) is 0 Å². The average molecular weight is 507 g/mol. The zero-order chi connectivity index (χ0) is 21.1. The van der Waals surface area contributed by atoms with E-state index in [1.165, 1.54) is 64.7 Å². The fourth-order valence-electron chi connectivity index (χ4n) is 5.39.